The summed E-state index contributed by atoms with van der Waals surface area (Å²) in [6, 6.07) is 8.30. The highest BCUT2D eigenvalue weighted by molar-refractivity contribution is 7.10. The molecule has 0 amide bonds. The lowest BCUT2D eigenvalue weighted by atomic mass is 10.1. The Bertz CT molecular complexity index is 642. The van der Waals surface area contributed by atoms with Crippen LogP contribution in [0, 0.1) is 32.1 Å². The van der Waals surface area contributed by atoms with Crippen molar-refractivity contribution in [1.29, 1.82) is 5.26 Å². The second kappa shape index (κ2) is 5.68. The van der Waals surface area contributed by atoms with Crippen LogP contribution in [0.1, 0.15) is 21.8 Å². The number of hydrogen-bond donors (Lipinski definition) is 1. The molecule has 0 aliphatic heterocycles. The summed E-state index contributed by atoms with van der Waals surface area (Å²) in [5, 5.41) is 15.1. The molecule has 4 heteroatoms. The van der Waals surface area contributed by atoms with Gasteiger partial charge in [0, 0.05) is 23.0 Å². The van der Waals surface area contributed by atoms with Gasteiger partial charge in [0.05, 0.1) is 0 Å². The van der Waals surface area contributed by atoms with Crippen LogP contribution in [-0.4, -0.2) is 4.98 Å². The number of rotatable bonds is 3. The van der Waals surface area contributed by atoms with E-state index in [0.717, 1.165) is 27.5 Å². The molecule has 3 nitrogen and oxygen atoms in total. The van der Waals surface area contributed by atoms with Gasteiger partial charge < -0.3 is 5.32 Å². The number of aromatic nitrogens is 1. The van der Waals surface area contributed by atoms with E-state index >= 15 is 0 Å². The van der Waals surface area contributed by atoms with Gasteiger partial charge in [0.25, 0.3) is 0 Å². The van der Waals surface area contributed by atoms with E-state index < -0.39 is 0 Å². The number of para-hydroxylation sites is 1. The van der Waals surface area contributed by atoms with E-state index in [4.69, 9.17) is 0 Å². The monoisotopic (exact) mass is 269 g/mol. The predicted molar refractivity (Wildman–Crippen MR) is 80.0 cm³/mol. The lowest BCUT2D eigenvalue weighted by molar-refractivity contribution is 1.24. The second-order valence-electron chi connectivity index (χ2n) is 4.38. The SMILES string of the molecule is Cc1csc(/C(C#N)=C/Nc2c(C)cccc2C)n1. The van der Waals surface area contributed by atoms with Crippen molar-refractivity contribution in [2.75, 3.05) is 5.32 Å². The largest absolute Gasteiger partial charge is 0.360 e. The normalized spacial score (nSPS) is 11.2. The van der Waals surface area contributed by atoms with Crippen LogP contribution in [0.3, 0.4) is 0 Å². The fourth-order valence-electron chi connectivity index (χ4n) is 1.81. The molecule has 0 radical (unpaired) electrons. The lowest BCUT2D eigenvalue weighted by Gasteiger charge is -2.09. The van der Waals surface area contributed by atoms with Gasteiger partial charge in [0.1, 0.15) is 16.6 Å². The number of nitriles is 1. The molecule has 0 aliphatic rings. The Morgan fingerprint density at radius 3 is 2.53 bits per heavy atom. The van der Waals surface area contributed by atoms with Crippen LogP contribution in [0.4, 0.5) is 5.69 Å². The number of allylic oxidation sites excluding steroid dienone is 1. The zero-order valence-electron chi connectivity index (χ0n) is 11.2. The summed E-state index contributed by atoms with van der Waals surface area (Å²) in [5.41, 5.74) is 4.85. The summed E-state index contributed by atoms with van der Waals surface area (Å²) >= 11 is 1.48. The van der Waals surface area contributed by atoms with Crippen molar-refractivity contribution < 1.29 is 0 Å². The number of nitrogens with zero attached hydrogens (tertiary/aromatic N) is 2. The van der Waals surface area contributed by atoms with Gasteiger partial charge in [0.2, 0.25) is 0 Å². The highest BCUT2D eigenvalue weighted by Crippen LogP contribution is 2.22. The summed E-state index contributed by atoms with van der Waals surface area (Å²) in [6.07, 6.45) is 1.73. The van der Waals surface area contributed by atoms with Gasteiger partial charge in [-0.1, -0.05) is 18.2 Å². The molecule has 1 aromatic heterocycles. The maximum Gasteiger partial charge on any atom is 0.135 e. The molecule has 96 valence electrons. The zero-order valence-corrected chi connectivity index (χ0v) is 12.0. The van der Waals surface area contributed by atoms with Crippen LogP contribution in [0.25, 0.3) is 5.57 Å². The average Bonchev–Trinajstić information content (AvgIpc) is 2.80. The zero-order chi connectivity index (χ0) is 13.8. The smallest absolute Gasteiger partial charge is 0.135 e. The minimum absolute atomic E-state index is 0.556. The van der Waals surface area contributed by atoms with Crippen molar-refractivity contribution in [3.63, 3.8) is 0 Å². The van der Waals surface area contributed by atoms with E-state index in [1.165, 1.54) is 11.3 Å². The van der Waals surface area contributed by atoms with Crippen molar-refractivity contribution in [2.45, 2.75) is 20.8 Å². The van der Waals surface area contributed by atoms with Crippen LogP contribution >= 0.6 is 11.3 Å². The van der Waals surface area contributed by atoms with E-state index in [0.29, 0.717) is 5.57 Å². The molecule has 2 aromatic rings. The maximum atomic E-state index is 9.21. The number of aryl methyl sites for hydroxylation is 3. The van der Waals surface area contributed by atoms with Gasteiger partial charge >= 0.3 is 0 Å². The van der Waals surface area contributed by atoms with Gasteiger partial charge in [-0.05, 0) is 31.9 Å². The lowest BCUT2D eigenvalue weighted by Crippen LogP contribution is -1.96. The molecule has 1 N–H and O–H groups in total. The Labute approximate surface area is 117 Å². The summed E-state index contributed by atoms with van der Waals surface area (Å²) in [6.45, 7) is 6.01. The Morgan fingerprint density at radius 1 is 1.32 bits per heavy atom. The van der Waals surface area contributed by atoms with Gasteiger partial charge in [-0.3, -0.25) is 0 Å². The van der Waals surface area contributed by atoms with Crippen LogP contribution in [0.5, 0.6) is 0 Å². The van der Waals surface area contributed by atoms with Gasteiger partial charge in [0.15, 0.2) is 0 Å². The highest BCUT2D eigenvalue weighted by atomic mass is 32.1. The van der Waals surface area contributed by atoms with E-state index in [1.54, 1.807) is 6.20 Å². The van der Waals surface area contributed by atoms with Crippen LogP contribution in [0.2, 0.25) is 0 Å². The number of anilines is 1. The van der Waals surface area contributed by atoms with Gasteiger partial charge in [-0.25, -0.2) is 4.98 Å². The molecule has 0 aliphatic carbocycles. The predicted octanol–water partition coefficient (Wildman–Crippen LogP) is 4.04. The van der Waals surface area contributed by atoms with Crippen molar-refractivity contribution in [1.82, 2.24) is 4.98 Å². The molecule has 19 heavy (non-hydrogen) atoms. The number of nitrogens with one attached hydrogen (secondary N) is 1. The maximum absolute atomic E-state index is 9.21. The molecule has 0 saturated carbocycles. The minimum Gasteiger partial charge on any atom is -0.360 e. The molecule has 0 saturated heterocycles. The first-order chi connectivity index (χ1) is 9.11. The second-order valence-corrected chi connectivity index (χ2v) is 5.23. The Kier molecular flexibility index (Phi) is 3.98. The molecule has 2 rings (SSSR count). The van der Waals surface area contributed by atoms with E-state index in [-0.39, 0.29) is 0 Å². The number of benzene rings is 1. The van der Waals surface area contributed by atoms with Gasteiger partial charge in [-0.2, -0.15) is 5.26 Å². The van der Waals surface area contributed by atoms with Crippen LogP contribution < -0.4 is 5.32 Å². The Balaban J connectivity index is 2.28. The molecule has 0 fully saturated rings. The average molecular weight is 269 g/mol. The molecule has 1 heterocycles. The summed E-state index contributed by atoms with van der Waals surface area (Å²) in [4.78, 5) is 4.33. The Hall–Kier alpha value is -2.12. The van der Waals surface area contributed by atoms with Gasteiger partial charge in [-0.15, -0.1) is 11.3 Å². The summed E-state index contributed by atoms with van der Waals surface area (Å²) in [7, 11) is 0. The third-order valence-electron chi connectivity index (χ3n) is 2.81. The Morgan fingerprint density at radius 2 is 2.00 bits per heavy atom. The first-order valence-corrected chi connectivity index (χ1v) is 6.85. The molecular formula is C15H15N3S. The van der Waals surface area contributed by atoms with E-state index in [1.807, 2.05) is 44.4 Å². The van der Waals surface area contributed by atoms with Crippen molar-refractivity contribution >= 4 is 22.6 Å². The fraction of sp³-hybridized carbons (Fsp3) is 0.200. The van der Waals surface area contributed by atoms with E-state index in [2.05, 4.69) is 16.4 Å². The minimum atomic E-state index is 0.556. The van der Waals surface area contributed by atoms with Crippen molar-refractivity contribution in [3.05, 3.63) is 51.6 Å². The number of thiazole rings is 1. The highest BCUT2D eigenvalue weighted by Gasteiger charge is 2.06. The standard InChI is InChI=1S/C15H15N3S/c1-10-5-4-6-11(2)14(10)17-8-13(7-16)15-18-12(3)9-19-15/h4-6,8-9,17H,1-3H3/b13-8+. The molecular weight excluding hydrogens is 254 g/mol. The fourth-order valence-corrected chi connectivity index (χ4v) is 2.57. The third-order valence-corrected chi connectivity index (χ3v) is 3.81. The summed E-state index contributed by atoms with van der Waals surface area (Å²) < 4.78 is 0. The van der Waals surface area contributed by atoms with Crippen molar-refractivity contribution in [2.24, 2.45) is 0 Å². The first-order valence-electron chi connectivity index (χ1n) is 5.97. The van der Waals surface area contributed by atoms with Crippen LogP contribution in [-0.2, 0) is 0 Å². The van der Waals surface area contributed by atoms with Crippen molar-refractivity contribution in [3.8, 4) is 6.07 Å². The molecule has 0 unspecified atom stereocenters. The third kappa shape index (κ3) is 3.01. The van der Waals surface area contributed by atoms with E-state index in [9.17, 15) is 5.26 Å². The number of hydrogen-bond acceptors (Lipinski definition) is 4. The molecule has 0 bridgehead atoms. The molecule has 1 aromatic carbocycles. The molecule has 0 spiro atoms. The molecule has 0 atom stereocenters. The quantitative estimate of drug-likeness (QED) is 0.855. The summed E-state index contributed by atoms with van der Waals surface area (Å²) in [5.74, 6) is 0. The first kappa shape index (κ1) is 13.3. The topological polar surface area (TPSA) is 48.7 Å². The van der Waals surface area contributed by atoms with Crippen LogP contribution in [0.15, 0.2) is 29.8 Å².